The molecule has 0 aromatic rings. The van der Waals surface area contributed by atoms with Crippen LogP contribution in [-0.2, 0) is 19.2 Å². The molecule has 4 heteroatoms. The molecule has 0 aromatic heterocycles. The van der Waals surface area contributed by atoms with Crippen molar-refractivity contribution in [2.24, 2.45) is 23.7 Å². The third kappa shape index (κ3) is 22.3. The summed E-state index contributed by atoms with van der Waals surface area (Å²) in [4.78, 5) is 42.9. The van der Waals surface area contributed by atoms with Gasteiger partial charge in [0.05, 0.1) is 0 Å². The molecule has 0 saturated heterocycles. The van der Waals surface area contributed by atoms with Gasteiger partial charge in [0.25, 0.3) is 0 Å². The van der Waals surface area contributed by atoms with E-state index in [1.165, 1.54) is 6.08 Å². The minimum atomic E-state index is 0.104. The van der Waals surface area contributed by atoms with E-state index in [1.807, 2.05) is 75.3 Å². The summed E-state index contributed by atoms with van der Waals surface area (Å²) in [5.74, 6) is 1.13. The van der Waals surface area contributed by atoms with Crippen molar-refractivity contribution in [2.45, 2.75) is 83.1 Å². The lowest BCUT2D eigenvalue weighted by atomic mass is 10.0. The van der Waals surface area contributed by atoms with Gasteiger partial charge in [-0.2, -0.15) is 0 Å². The Bertz CT molecular complexity index is 642. The number of rotatable bonds is 8. The first-order valence-corrected chi connectivity index (χ1v) is 11.1. The van der Waals surface area contributed by atoms with E-state index in [9.17, 15) is 19.2 Å². The maximum atomic E-state index is 11.0. The number of carbonyl (C=O) groups excluding carboxylic acids is 4. The number of Topliss-reactive ketones (excluding diaryl/α,β-unsaturated/α-hetero) is 3. The van der Waals surface area contributed by atoms with E-state index in [-0.39, 0.29) is 46.8 Å². The lowest BCUT2D eigenvalue weighted by Gasteiger charge is -2.01. The van der Waals surface area contributed by atoms with Gasteiger partial charge in [-0.1, -0.05) is 81.2 Å². The fourth-order valence-electron chi connectivity index (χ4n) is 1.82. The van der Waals surface area contributed by atoms with Crippen LogP contribution in [0.4, 0.5) is 0 Å². The van der Waals surface area contributed by atoms with Crippen molar-refractivity contribution < 1.29 is 19.2 Å². The Kier molecular flexibility index (Phi) is 23.7. The van der Waals surface area contributed by atoms with E-state index in [0.29, 0.717) is 11.1 Å². The van der Waals surface area contributed by atoms with E-state index < -0.39 is 0 Å². The first-order valence-electron chi connectivity index (χ1n) is 11.1. The fraction of sp³-hybridized carbons (Fsp3) is 0.571. The van der Waals surface area contributed by atoms with Crippen LogP contribution in [0.1, 0.15) is 83.1 Å². The zero-order chi connectivity index (χ0) is 26.8. The molecule has 0 aliphatic heterocycles. The molecule has 0 fully saturated rings. The third-order valence-electron chi connectivity index (χ3n) is 4.01. The molecule has 0 amide bonds. The molecular weight excluding hydrogens is 400 g/mol. The second-order valence-corrected chi connectivity index (χ2v) is 8.85. The molecule has 0 aromatic carbocycles. The summed E-state index contributed by atoms with van der Waals surface area (Å²) in [5, 5.41) is 0. The van der Waals surface area contributed by atoms with Crippen LogP contribution < -0.4 is 0 Å². The third-order valence-corrected chi connectivity index (χ3v) is 4.01. The van der Waals surface area contributed by atoms with E-state index in [2.05, 4.69) is 19.7 Å². The first kappa shape index (κ1) is 37.0. The normalized spacial score (nSPS) is 10.2. The van der Waals surface area contributed by atoms with Gasteiger partial charge >= 0.3 is 0 Å². The maximum absolute atomic E-state index is 11.0. The van der Waals surface area contributed by atoms with Crippen LogP contribution in [0, 0.1) is 23.7 Å². The Labute approximate surface area is 197 Å². The molecule has 0 N–H and O–H groups in total. The molecule has 0 atom stereocenters. The summed E-state index contributed by atoms with van der Waals surface area (Å²) >= 11 is 0. The van der Waals surface area contributed by atoms with Crippen molar-refractivity contribution in [3.63, 3.8) is 0 Å². The van der Waals surface area contributed by atoms with Gasteiger partial charge in [0.1, 0.15) is 0 Å². The van der Waals surface area contributed by atoms with Crippen LogP contribution in [0.2, 0.25) is 0 Å². The van der Waals surface area contributed by atoms with Gasteiger partial charge in [-0.15, -0.1) is 0 Å². The van der Waals surface area contributed by atoms with Gasteiger partial charge in [-0.25, -0.2) is 0 Å². The molecule has 0 bridgehead atoms. The first-order chi connectivity index (χ1) is 14.4. The number of hydrogen-bond donors (Lipinski definition) is 0. The van der Waals surface area contributed by atoms with Crippen LogP contribution in [0.15, 0.2) is 48.6 Å². The van der Waals surface area contributed by atoms with Crippen LogP contribution in [0.25, 0.3) is 0 Å². The monoisotopic (exact) mass is 448 g/mol. The molecule has 0 aliphatic rings. The summed E-state index contributed by atoms with van der Waals surface area (Å²) in [6.45, 7) is 32.6. The van der Waals surface area contributed by atoms with Crippen molar-refractivity contribution in [1.29, 1.82) is 0 Å². The lowest BCUT2D eigenvalue weighted by molar-refractivity contribution is -0.118. The predicted molar refractivity (Wildman–Crippen MR) is 139 cm³/mol. The van der Waals surface area contributed by atoms with Gasteiger partial charge in [0.2, 0.25) is 0 Å². The Morgan fingerprint density at radius 2 is 0.875 bits per heavy atom. The molecule has 0 aliphatic carbocycles. The van der Waals surface area contributed by atoms with Gasteiger partial charge < -0.3 is 0 Å². The summed E-state index contributed by atoms with van der Waals surface area (Å²) < 4.78 is 0. The van der Waals surface area contributed by atoms with Crippen LogP contribution >= 0.6 is 0 Å². The van der Waals surface area contributed by atoms with Crippen molar-refractivity contribution in [3.05, 3.63) is 48.6 Å². The van der Waals surface area contributed by atoms with Crippen LogP contribution in [0.5, 0.6) is 0 Å². The van der Waals surface area contributed by atoms with E-state index >= 15 is 0 Å². The molecule has 184 valence electrons. The van der Waals surface area contributed by atoms with E-state index in [0.717, 1.165) is 5.57 Å². The SMILES string of the molecule is C/C=C(\C)C(=O)C(C)C.C=C(C)C(=O)C(C)C.C=C(C)C(=O)C(C)C.C=CC(=O)C(C)C. The van der Waals surface area contributed by atoms with Crippen molar-refractivity contribution >= 4 is 23.1 Å². The van der Waals surface area contributed by atoms with E-state index in [1.54, 1.807) is 13.8 Å². The topological polar surface area (TPSA) is 68.3 Å². The van der Waals surface area contributed by atoms with E-state index in [4.69, 9.17) is 0 Å². The molecule has 4 nitrogen and oxygen atoms in total. The zero-order valence-electron chi connectivity index (χ0n) is 22.7. The second kappa shape index (κ2) is 20.5. The molecule has 0 heterocycles. The second-order valence-electron chi connectivity index (χ2n) is 8.85. The fourth-order valence-corrected chi connectivity index (χ4v) is 1.82. The van der Waals surface area contributed by atoms with Crippen molar-refractivity contribution in [3.8, 4) is 0 Å². The molecule has 0 saturated carbocycles. The van der Waals surface area contributed by atoms with Crippen LogP contribution in [0.3, 0.4) is 0 Å². The average molecular weight is 449 g/mol. The highest BCUT2D eigenvalue weighted by Crippen LogP contribution is 2.04. The highest BCUT2D eigenvalue weighted by molar-refractivity contribution is 5.96. The highest BCUT2D eigenvalue weighted by Gasteiger charge is 2.07. The summed E-state index contributed by atoms with van der Waals surface area (Å²) in [7, 11) is 0. The minimum Gasteiger partial charge on any atom is -0.295 e. The molecule has 0 unspecified atom stereocenters. The zero-order valence-corrected chi connectivity index (χ0v) is 22.7. The Hall–Kier alpha value is -2.36. The van der Waals surface area contributed by atoms with Crippen molar-refractivity contribution in [1.82, 2.24) is 0 Å². The van der Waals surface area contributed by atoms with Gasteiger partial charge in [-0.05, 0) is 50.5 Å². The molecule has 0 radical (unpaired) electrons. The molecule has 32 heavy (non-hydrogen) atoms. The summed E-state index contributed by atoms with van der Waals surface area (Å²) in [6.07, 6.45) is 3.20. The van der Waals surface area contributed by atoms with Crippen molar-refractivity contribution in [2.75, 3.05) is 0 Å². The summed E-state index contributed by atoms with van der Waals surface area (Å²) in [5.41, 5.74) is 2.17. The largest absolute Gasteiger partial charge is 0.295 e. The smallest absolute Gasteiger partial charge is 0.160 e. The van der Waals surface area contributed by atoms with Crippen LogP contribution in [-0.4, -0.2) is 23.1 Å². The minimum absolute atomic E-state index is 0.104. The Morgan fingerprint density at radius 1 is 0.594 bits per heavy atom. The highest BCUT2D eigenvalue weighted by atomic mass is 16.1. The maximum Gasteiger partial charge on any atom is 0.160 e. The average Bonchev–Trinajstić information content (AvgIpc) is 2.71. The number of carbonyl (C=O) groups is 4. The summed E-state index contributed by atoms with van der Waals surface area (Å²) in [6, 6.07) is 0. The Balaban J connectivity index is -0.000000164. The molecular formula is C28H48O4. The predicted octanol–water partition coefficient (Wildman–Crippen LogP) is 7.15. The van der Waals surface area contributed by atoms with Gasteiger partial charge in [0, 0.05) is 23.7 Å². The standard InChI is InChI=1S/C8H14O.2C7H12O.C6H10O/c1-5-7(4)8(9)6(2)3;2*1-5(2)7(8)6(3)4;1-4-6(7)5(2)3/h5-6H,1-4H3;2*6H,1H2,2-4H3;4-5H,1H2,2-3H3/b7-5+;;;. The number of hydrogen-bond acceptors (Lipinski definition) is 4. The Morgan fingerprint density at radius 3 is 0.906 bits per heavy atom. The molecule has 0 rings (SSSR count). The van der Waals surface area contributed by atoms with Gasteiger partial charge in [0.15, 0.2) is 23.1 Å². The number of ketones is 4. The van der Waals surface area contributed by atoms with Gasteiger partial charge in [-0.3, -0.25) is 19.2 Å². The lowest BCUT2D eigenvalue weighted by Crippen LogP contribution is -2.07. The number of allylic oxidation sites excluding steroid dienone is 5. The quantitative estimate of drug-likeness (QED) is 0.370. The molecule has 0 spiro atoms.